The van der Waals surface area contributed by atoms with E-state index < -0.39 is 0 Å². The summed E-state index contributed by atoms with van der Waals surface area (Å²) in [7, 11) is 0. The fraction of sp³-hybridized carbons (Fsp3) is 0.500. The van der Waals surface area contributed by atoms with E-state index in [1.807, 2.05) is 31.2 Å². The molecule has 0 fully saturated rings. The lowest BCUT2D eigenvalue weighted by atomic mass is 10.1. The molecule has 0 spiro atoms. The molecule has 0 heterocycles. The molecule has 0 aromatic heterocycles. The minimum absolute atomic E-state index is 0.0167. The number of aryl methyl sites for hydroxylation is 1. The van der Waals surface area contributed by atoms with Crippen molar-refractivity contribution in [1.82, 2.24) is 5.32 Å². The largest absolute Gasteiger partial charge is 0.325 e. The molecule has 17 heavy (non-hydrogen) atoms. The fourth-order valence-electron chi connectivity index (χ4n) is 1.50. The van der Waals surface area contributed by atoms with Gasteiger partial charge in [0.05, 0.1) is 6.54 Å². The van der Waals surface area contributed by atoms with Gasteiger partial charge in [0.2, 0.25) is 5.91 Å². The number of amides is 1. The summed E-state index contributed by atoms with van der Waals surface area (Å²) in [4.78, 5) is 11.6. The van der Waals surface area contributed by atoms with Crippen LogP contribution in [-0.4, -0.2) is 19.0 Å². The Balaban J connectivity index is 2.28. The zero-order valence-corrected chi connectivity index (χ0v) is 10.9. The molecule has 0 bridgehead atoms. The fourth-order valence-corrected chi connectivity index (χ4v) is 1.50. The quantitative estimate of drug-likeness (QED) is 0.743. The van der Waals surface area contributed by atoms with E-state index in [0.29, 0.717) is 12.5 Å². The Hall–Kier alpha value is -1.35. The van der Waals surface area contributed by atoms with Crippen LogP contribution < -0.4 is 10.6 Å². The average Bonchev–Trinajstić information content (AvgIpc) is 2.27. The van der Waals surface area contributed by atoms with Crippen LogP contribution in [0.4, 0.5) is 5.69 Å². The van der Waals surface area contributed by atoms with Gasteiger partial charge in [-0.3, -0.25) is 4.79 Å². The van der Waals surface area contributed by atoms with E-state index in [0.717, 1.165) is 24.2 Å². The van der Waals surface area contributed by atoms with Gasteiger partial charge in [-0.05, 0) is 37.4 Å². The number of nitrogens with one attached hydrogen (secondary N) is 2. The molecular weight excluding hydrogens is 212 g/mol. The monoisotopic (exact) mass is 234 g/mol. The smallest absolute Gasteiger partial charge is 0.238 e. The van der Waals surface area contributed by atoms with Crippen molar-refractivity contribution in [2.24, 2.45) is 5.92 Å². The first-order valence-corrected chi connectivity index (χ1v) is 6.16. The maximum atomic E-state index is 11.6. The van der Waals surface area contributed by atoms with E-state index in [4.69, 9.17) is 0 Å². The summed E-state index contributed by atoms with van der Waals surface area (Å²) in [5, 5.41) is 6.04. The predicted molar refractivity (Wildman–Crippen MR) is 72.1 cm³/mol. The molecule has 0 radical (unpaired) electrons. The molecule has 94 valence electrons. The van der Waals surface area contributed by atoms with E-state index in [2.05, 4.69) is 24.5 Å². The van der Waals surface area contributed by atoms with Crippen LogP contribution in [0.5, 0.6) is 0 Å². The Morgan fingerprint density at radius 1 is 1.29 bits per heavy atom. The Labute approximate surface area is 104 Å². The van der Waals surface area contributed by atoms with Gasteiger partial charge in [0.15, 0.2) is 0 Å². The van der Waals surface area contributed by atoms with E-state index in [-0.39, 0.29) is 5.91 Å². The van der Waals surface area contributed by atoms with Crippen LogP contribution in [0.2, 0.25) is 0 Å². The lowest BCUT2D eigenvalue weighted by Crippen LogP contribution is -2.29. The third-order valence-corrected chi connectivity index (χ3v) is 2.60. The van der Waals surface area contributed by atoms with Crippen molar-refractivity contribution >= 4 is 11.6 Å². The Morgan fingerprint density at radius 3 is 2.65 bits per heavy atom. The van der Waals surface area contributed by atoms with Gasteiger partial charge in [0.1, 0.15) is 0 Å². The second-order valence-electron chi connectivity index (χ2n) is 4.72. The molecule has 1 aromatic carbocycles. The van der Waals surface area contributed by atoms with Gasteiger partial charge in [-0.1, -0.05) is 32.0 Å². The first-order chi connectivity index (χ1) is 8.09. The lowest BCUT2D eigenvalue weighted by molar-refractivity contribution is -0.115. The van der Waals surface area contributed by atoms with E-state index in [9.17, 15) is 4.79 Å². The Bertz CT molecular complexity index is 361. The van der Waals surface area contributed by atoms with Crippen LogP contribution in [0.25, 0.3) is 0 Å². The maximum Gasteiger partial charge on any atom is 0.238 e. The van der Waals surface area contributed by atoms with Crippen molar-refractivity contribution < 1.29 is 4.79 Å². The van der Waals surface area contributed by atoms with Crippen LogP contribution in [0, 0.1) is 12.8 Å². The van der Waals surface area contributed by atoms with Crippen LogP contribution in [0.3, 0.4) is 0 Å². The molecule has 1 aromatic rings. The molecule has 0 atom stereocenters. The van der Waals surface area contributed by atoms with Gasteiger partial charge in [0, 0.05) is 5.69 Å². The highest BCUT2D eigenvalue weighted by Gasteiger charge is 2.03. The summed E-state index contributed by atoms with van der Waals surface area (Å²) in [5.74, 6) is 0.685. The Kier molecular flexibility index (Phi) is 5.70. The molecule has 0 aliphatic rings. The van der Waals surface area contributed by atoms with Crippen molar-refractivity contribution in [2.75, 3.05) is 18.4 Å². The van der Waals surface area contributed by atoms with Gasteiger partial charge in [-0.15, -0.1) is 0 Å². The van der Waals surface area contributed by atoms with Crippen LogP contribution in [0.1, 0.15) is 25.8 Å². The van der Waals surface area contributed by atoms with Gasteiger partial charge >= 0.3 is 0 Å². The zero-order chi connectivity index (χ0) is 12.7. The highest BCUT2D eigenvalue weighted by molar-refractivity contribution is 5.92. The summed E-state index contributed by atoms with van der Waals surface area (Å²) in [6.07, 6.45) is 1.09. The molecule has 0 saturated carbocycles. The molecular formula is C14H22N2O. The SMILES string of the molecule is Cc1ccccc1NC(=O)CNCCC(C)C. The summed E-state index contributed by atoms with van der Waals surface area (Å²) < 4.78 is 0. The second kappa shape index (κ2) is 7.07. The highest BCUT2D eigenvalue weighted by atomic mass is 16.1. The minimum Gasteiger partial charge on any atom is -0.325 e. The normalized spacial score (nSPS) is 10.6. The third-order valence-electron chi connectivity index (χ3n) is 2.60. The number of anilines is 1. The molecule has 1 rings (SSSR count). The number of para-hydroxylation sites is 1. The zero-order valence-electron chi connectivity index (χ0n) is 10.9. The minimum atomic E-state index is 0.0167. The van der Waals surface area contributed by atoms with Gasteiger partial charge in [-0.25, -0.2) is 0 Å². The number of carbonyl (C=O) groups is 1. The molecule has 2 N–H and O–H groups in total. The summed E-state index contributed by atoms with van der Waals surface area (Å²) in [5.41, 5.74) is 1.98. The summed E-state index contributed by atoms with van der Waals surface area (Å²) in [6, 6.07) is 7.80. The Morgan fingerprint density at radius 2 is 2.00 bits per heavy atom. The first kappa shape index (κ1) is 13.7. The molecule has 0 aliphatic heterocycles. The summed E-state index contributed by atoms with van der Waals surface area (Å²) in [6.45, 7) is 7.60. The van der Waals surface area contributed by atoms with Crippen LogP contribution >= 0.6 is 0 Å². The van der Waals surface area contributed by atoms with Gasteiger partial charge in [0.25, 0.3) is 0 Å². The third kappa shape index (κ3) is 5.50. The van der Waals surface area contributed by atoms with Crippen molar-refractivity contribution in [1.29, 1.82) is 0 Å². The van der Waals surface area contributed by atoms with Crippen molar-refractivity contribution in [3.8, 4) is 0 Å². The topological polar surface area (TPSA) is 41.1 Å². The highest BCUT2D eigenvalue weighted by Crippen LogP contribution is 2.12. The van der Waals surface area contributed by atoms with E-state index in [1.54, 1.807) is 0 Å². The molecule has 0 saturated heterocycles. The predicted octanol–water partition coefficient (Wildman–Crippen LogP) is 2.57. The molecule has 0 aliphatic carbocycles. The number of hydrogen-bond acceptors (Lipinski definition) is 2. The van der Waals surface area contributed by atoms with Crippen LogP contribution in [-0.2, 0) is 4.79 Å². The maximum absolute atomic E-state index is 11.6. The molecule has 0 unspecified atom stereocenters. The molecule has 3 heteroatoms. The average molecular weight is 234 g/mol. The second-order valence-corrected chi connectivity index (χ2v) is 4.72. The summed E-state index contributed by atoms with van der Waals surface area (Å²) >= 11 is 0. The van der Waals surface area contributed by atoms with E-state index in [1.165, 1.54) is 0 Å². The standard InChI is InChI=1S/C14H22N2O/c1-11(2)8-9-15-10-14(17)16-13-7-5-4-6-12(13)3/h4-7,11,15H,8-10H2,1-3H3,(H,16,17). The molecule has 1 amide bonds. The number of carbonyl (C=O) groups excluding carboxylic acids is 1. The first-order valence-electron chi connectivity index (χ1n) is 6.16. The van der Waals surface area contributed by atoms with Crippen LogP contribution in [0.15, 0.2) is 24.3 Å². The van der Waals surface area contributed by atoms with Crippen molar-refractivity contribution in [2.45, 2.75) is 27.2 Å². The number of rotatable bonds is 6. The van der Waals surface area contributed by atoms with E-state index >= 15 is 0 Å². The van der Waals surface area contributed by atoms with Gasteiger partial charge < -0.3 is 10.6 Å². The lowest BCUT2D eigenvalue weighted by Gasteiger charge is -2.09. The van der Waals surface area contributed by atoms with Crippen molar-refractivity contribution in [3.05, 3.63) is 29.8 Å². The number of hydrogen-bond donors (Lipinski definition) is 2. The number of benzene rings is 1. The van der Waals surface area contributed by atoms with Gasteiger partial charge in [-0.2, -0.15) is 0 Å². The van der Waals surface area contributed by atoms with Crippen molar-refractivity contribution in [3.63, 3.8) is 0 Å². The molecule has 3 nitrogen and oxygen atoms in total.